The van der Waals surface area contributed by atoms with Crippen LogP contribution in [0.4, 0.5) is 0 Å². The van der Waals surface area contributed by atoms with Crippen molar-refractivity contribution in [3.63, 3.8) is 0 Å². The molecule has 0 bridgehead atoms. The van der Waals surface area contributed by atoms with Crippen LogP contribution in [0.3, 0.4) is 0 Å². The van der Waals surface area contributed by atoms with Gasteiger partial charge in [0.15, 0.2) is 0 Å². The van der Waals surface area contributed by atoms with Crippen molar-refractivity contribution in [3.8, 4) is 0 Å². The summed E-state index contributed by atoms with van der Waals surface area (Å²) >= 11 is 0. The van der Waals surface area contributed by atoms with Gasteiger partial charge in [-0.05, 0) is 12.3 Å². The fourth-order valence-corrected chi connectivity index (χ4v) is 1.61. The monoisotopic (exact) mass is 110 g/mol. The Morgan fingerprint density at radius 2 is 2.75 bits per heavy atom. The highest BCUT2D eigenvalue weighted by Gasteiger charge is 2.51. The van der Waals surface area contributed by atoms with Gasteiger partial charge in [-0.2, -0.15) is 0 Å². The molecule has 0 radical (unpaired) electrons. The molecule has 0 aromatic heterocycles. The van der Waals surface area contributed by atoms with E-state index in [-0.39, 0.29) is 5.41 Å². The largest absolute Gasteiger partial charge is 0.395 e. The van der Waals surface area contributed by atoms with Crippen molar-refractivity contribution in [2.75, 3.05) is 6.61 Å². The fourth-order valence-electron chi connectivity index (χ4n) is 1.61. The van der Waals surface area contributed by atoms with Gasteiger partial charge >= 0.3 is 0 Å². The van der Waals surface area contributed by atoms with Crippen LogP contribution >= 0.6 is 0 Å². The molecule has 1 heteroatoms. The topological polar surface area (TPSA) is 20.2 Å². The number of fused-ring (bicyclic) bond motifs is 1. The second kappa shape index (κ2) is 1.01. The van der Waals surface area contributed by atoms with Crippen LogP contribution in [0, 0.1) is 11.3 Å². The van der Waals surface area contributed by atoms with E-state index in [0.717, 1.165) is 5.92 Å². The molecule has 44 valence electrons. The first-order chi connectivity index (χ1) is 3.76. The van der Waals surface area contributed by atoms with Crippen LogP contribution < -0.4 is 0 Å². The molecule has 0 heterocycles. The maximum atomic E-state index is 8.80. The van der Waals surface area contributed by atoms with E-state index in [1.807, 2.05) is 0 Å². The van der Waals surface area contributed by atoms with E-state index in [1.54, 1.807) is 0 Å². The molecule has 0 spiro atoms. The molecular weight excluding hydrogens is 100 g/mol. The van der Waals surface area contributed by atoms with Gasteiger partial charge in [0.2, 0.25) is 0 Å². The standard InChI is InChI=1S/C7H10O/c1-7(4-8)3-5-2-6(5)7/h2,5,8H,3-4H2,1H3/t5-,7-/m1/s1. The minimum absolute atomic E-state index is 0.213. The molecule has 1 N–H and O–H groups in total. The van der Waals surface area contributed by atoms with Crippen LogP contribution in [0.25, 0.3) is 0 Å². The molecule has 0 unspecified atom stereocenters. The Morgan fingerprint density at radius 1 is 2.00 bits per heavy atom. The van der Waals surface area contributed by atoms with Crippen molar-refractivity contribution < 1.29 is 5.11 Å². The van der Waals surface area contributed by atoms with Crippen molar-refractivity contribution in [1.29, 1.82) is 0 Å². The lowest BCUT2D eigenvalue weighted by Crippen LogP contribution is -2.30. The quantitative estimate of drug-likeness (QED) is 0.498. The summed E-state index contributed by atoms with van der Waals surface area (Å²) in [5.74, 6) is 0.812. The summed E-state index contributed by atoms with van der Waals surface area (Å²) in [6, 6.07) is 0. The fraction of sp³-hybridized carbons (Fsp3) is 0.714. The molecule has 0 aromatic carbocycles. The third-order valence-electron chi connectivity index (χ3n) is 2.39. The highest BCUT2D eigenvalue weighted by Crippen LogP contribution is 2.60. The lowest BCUT2D eigenvalue weighted by Gasteiger charge is -2.34. The van der Waals surface area contributed by atoms with Gasteiger partial charge in [-0.1, -0.05) is 18.6 Å². The number of aliphatic hydroxyl groups excluding tert-OH is 1. The summed E-state index contributed by atoms with van der Waals surface area (Å²) < 4.78 is 0. The molecule has 1 nitrogen and oxygen atoms in total. The minimum atomic E-state index is 0.213. The van der Waals surface area contributed by atoms with Gasteiger partial charge in [-0.25, -0.2) is 0 Å². The maximum Gasteiger partial charge on any atom is 0.0522 e. The zero-order valence-electron chi connectivity index (χ0n) is 5.02. The van der Waals surface area contributed by atoms with Crippen molar-refractivity contribution in [2.45, 2.75) is 13.3 Å². The van der Waals surface area contributed by atoms with Crippen molar-refractivity contribution >= 4 is 0 Å². The summed E-state index contributed by atoms with van der Waals surface area (Å²) in [6.45, 7) is 2.47. The van der Waals surface area contributed by atoms with Crippen LogP contribution in [-0.2, 0) is 0 Å². The average molecular weight is 110 g/mol. The summed E-state index contributed by atoms with van der Waals surface area (Å²) in [7, 11) is 0. The number of aliphatic hydroxyl groups is 1. The SMILES string of the molecule is C[C@]1(CO)C[C@H]2C=C21. The molecule has 1 saturated carbocycles. The molecule has 2 atom stereocenters. The maximum absolute atomic E-state index is 8.80. The molecule has 0 aliphatic heterocycles. The molecule has 0 aromatic rings. The average Bonchev–Trinajstić information content (AvgIpc) is 2.40. The first-order valence-corrected chi connectivity index (χ1v) is 3.09. The predicted molar refractivity (Wildman–Crippen MR) is 31.4 cm³/mol. The van der Waals surface area contributed by atoms with E-state index in [9.17, 15) is 0 Å². The number of rotatable bonds is 1. The first-order valence-electron chi connectivity index (χ1n) is 3.09. The van der Waals surface area contributed by atoms with Gasteiger partial charge in [0, 0.05) is 5.41 Å². The zero-order chi connectivity index (χ0) is 5.78. The smallest absolute Gasteiger partial charge is 0.0522 e. The number of hydrogen-bond donors (Lipinski definition) is 1. The molecule has 2 rings (SSSR count). The number of hydrogen-bond acceptors (Lipinski definition) is 1. The highest BCUT2D eigenvalue weighted by atomic mass is 16.3. The third kappa shape index (κ3) is 0.324. The summed E-state index contributed by atoms with van der Waals surface area (Å²) in [6.07, 6.45) is 3.45. The lowest BCUT2D eigenvalue weighted by atomic mass is 9.71. The van der Waals surface area contributed by atoms with Crippen LogP contribution in [0.1, 0.15) is 13.3 Å². The van der Waals surface area contributed by atoms with Crippen LogP contribution in [0.15, 0.2) is 11.6 Å². The van der Waals surface area contributed by atoms with E-state index in [0.29, 0.717) is 6.61 Å². The molecule has 2 aliphatic rings. The summed E-state index contributed by atoms with van der Waals surface area (Å²) in [5, 5.41) is 8.80. The molecular formula is C7H10O. The van der Waals surface area contributed by atoms with E-state index in [4.69, 9.17) is 5.11 Å². The summed E-state index contributed by atoms with van der Waals surface area (Å²) in [5.41, 5.74) is 1.71. The lowest BCUT2D eigenvalue weighted by molar-refractivity contribution is 0.128. The molecule has 0 amide bonds. The summed E-state index contributed by atoms with van der Waals surface area (Å²) in [4.78, 5) is 0. The van der Waals surface area contributed by atoms with Gasteiger partial charge in [-0.15, -0.1) is 0 Å². The zero-order valence-corrected chi connectivity index (χ0v) is 5.02. The van der Waals surface area contributed by atoms with Gasteiger partial charge in [0.05, 0.1) is 6.61 Å². The van der Waals surface area contributed by atoms with E-state index in [1.165, 1.54) is 12.0 Å². The normalized spacial score (nSPS) is 49.2. The van der Waals surface area contributed by atoms with Crippen LogP contribution in [-0.4, -0.2) is 11.7 Å². The second-order valence-electron chi connectivity index (χ2n) is 3.15. The van der Waals surface area contributed by atoms with Crippen molar-refractivity contribution in [3.05, 3.63) is 11.6 Å². The predicted octanol–water partition coefficient (Wildman–Crippen LogP) is 0.945. The Labute approximate surface area is 49.0 Å². The Hall–Kier alpha value is -0.300. The Bertz CT molecular complexity index is 160. The van der Waals surface area contributed by atoms with Crippen LogP contribution in [0.2, 0.25) is 0 Å². The molecule has 0 saturated heterocycles. The number of allylic oxidation sites excluding steroid dienone is 1. The van der Waals surface area contributed by atoms with Gasteiger partial charge in [-0.3, -0.25) is 0 Å². The Kier molecular flexibility index (Phi) is 0.575. The van der Waals surface area contributed by atoms with Gasteiger partial charge in [0.25, 0.3) is 0 Å². The first kappa shape index (κ1) is 4.57. The van der Waals surface area contributed by atoms with E-state index >= 15 is 0 Å². The Morgan fingerprint density at radius 3 is 2.88 bits per heavy atom. The van der Waals surface area contributed by atoms with E-state index < -0.39 is 0 Å². The minimum Gasteiger partial charge on any atom is -0.395 e. The van der Waals surface area contributed by atoms with Crippen molar-refractivity contribution in [2.24, 2.45) is 11.3 Å². The molecule has 8 heavy (non-hydrogen) atoms. The second-order valence-corrected chi connectivity index (χ2v) is 3.15. The van der Waals surface area contributed by atoms with Gasteiger partial charge < -0.3 is 5.11 Å². The highest BCUT2D eigenvalue weighted by molar-refractivity contribution is 5.44. The molecule has 1 fully saturated rings. The van der Waals surface area contributed by atoms with Crippen LogP contribution in [0.5, 0.6) is 0 Å². The third-order valence-corrected chi connectivity index (χ3v) is 2.39. The van der Waals surface area contributed by atoms with Crippen molar-refractivity contribution in [1.82, 2.24) is 0 Å². The van der Waals surface area contributed by atoms with E-state index in [2.05, 4.69) is 13.0 Å². The molecule has 2 aliphatic carbocycles. The van der Waals surface area contributed by atoms with Gasteiger partial charge in [0.1, 0.15) is 0 Å². The Balaban J connectivity index is 2.15.